The van der Waals surface area contributed by atoms with Gasteiger partial charge in [0, 0.05) is 35.4 Å². The van der Waals surface area contributed by atoms with Crippen LogP contribution in [0.3, 0.4) is 0 Å². The zero-order chi connectivity index (χ0) is 32.7. The Bertz CT molecular complexity index is 1920. The Kier molecular flexibility index (Phi) is 7.17. The Balaban J connectivity index is 1.16. The normalized spacial score (nSPS) is 28.7. The fraction of sp³-hybridized carbons (Fsp3) is 0.441. The number of aryl methyl sites for hydroxylation is 1. The third-order valence-electron chi connectivity index (χ3n) is 9.98. The third-order valence-corrected chi connectivity index (χ3v) is 10.8. The summed E-state index contributed by atoms with van der Waals surface area (Å²) in [6.07, 6.45) is 1.75. The predicted molar refractivity (Wildman–Crippen MR) is 170 cm³/mol. The van der Waals surface area contributed by atoms with E-state index in [4.69, 9.17) is 28.4 Å². The highest BCUT2D eigenvalue weighted by Gasteiger charge is 2.85. The molecule has 0 spiro atoms. The summed E-state index contributed by atoms with van der Waals surface area (Å²) in [5, 5.41) is 33.4. The standard InChI is InChI=1S/C34H34BrN3O9/c1-18-12-22-26(27(40)25-21(28(22)42-2)10-7-11-23(25)39)29-24(18)30-31-34(43-3,46-29)32(41,16-35)33(45-30,47-31)17-44-15-20-14-38(37-36-20)13-19-8-5-4-6-9-19/h4-6,8-9,12,14,30-31,40-41H,7,10-11,13,15-17H2,1-3H3/t30?,31?,32-,33?,34-/m1/s1. The quantitative estimate of drug-likeness (QED) is 0.241. The van der Waals surface area contributed by atoms with E-state index >= 15 is 0 Å². The first-order chi connectivity index (χ1) is 22.7. The van der Waals surface area contributed by atoms with Crippen molar-refractivity contribution in [2.24, 2.45) is 0 Å². The van der Waals surface area contributed by atoms with Crippen LogP contribution < -0.4 is 9.47 Å². The molecule has 8 rings (SSSR count). The van der Waals surface area contributed by atoms with Gasteiger partial charge in [-0.2, -0.15) is 0 Å². The molecule has 2 fully saturated rings. The summed E-state index contributed by atoms with van der Waals surface area (Å²) < 4.78 is 39.6. The number of nitrogens with zero attached hydrogens (tertiary/aromatic N) is 3. The second kappa shape index (κ2) is 11.0. The molecule has 1 aliphatic carbocycles. The number of fused-ring (bicyclic) bond motifs is 6. The number of aliphatic hydroxyl groups is 1. The molecule has 4 aliphatic rings. The fourth-order valence-electron chi connectivity index (χ4n) is 7.83. The lowest BCUT2D eigenvalue weighted by molar-refractivity contribution is -0.352. The Labute approximate surface area is 278 Å². The minimum atomic E-state index is -1.92. The van der Waals surface area contributed by atoms with Crippen LogP contribution in [0, 0.1) is 6.92 Å². The summed E-state index contributed by atoms with van der Waals surface area (Å²) in [4.78, 5) is 13.1. The van der Waals surface area contributed by atoms with Crippen LogP contribution in [-0.4, -0.2) is 80.4 Å². The van der Waals surface area contributed by atoms with Crippen LogP contribution in [0.4, 0.5) is 0 Å². The second-order valence-electron chi connectivity index (χ2n) is 12.6. The van der Waals surface area contributed by atoms with Crippen molar-refractivity contribution in [3.8, 4) is 17.2 Å². The van der Waals surface area contributed by atoms with E-state index in [9.17, 15) is 15.0 Å². The van der Waals surface area contributed by atoms with E-state index in [1.54, 1.807) is 18.0 Å². The van der Waals surface area contributed by atoms with Gasteiger partial charge in [-0.05, 0) is 37.0 Å². The molecule has 2 N–H and O–H groups in total. The molecule has 5 atom stereocenters. The van der Waals surface area contributed by atoms with Crippen molar-refractivity contribution in [3.63, 3.8) is 0 Å². The molecule has 12 nitrogen and oxygen atoms in total. The van der Waals surface area contributed by atoms with Crippen LogP contribution in [0.15, 0.2) is 42.6 Å². The maximum atomic E-state index is 13.1. The molecule has 13 heteroatoms. The summed E-state index contributed by atoms with van der Waals surface area (Å²) >= 11 is 3.48. The summed E-state index contributed by atoms with van der Waals surface area (Å²) in [5.74, 6) is -3.04. The number of phenolic OH excluding ortho intramolecular Hbond substituents is 1. The van der Waals surface area contributed by atoms with Crippen molar-refractivity contribution in [1.29, 1.82) is 0 Å². The number of rotatable bonds is 9. The molecule has 3 aliphatic heterocycles. The van der Waals surface area contributed by atoms with E-state index in [0.717, 1.165) is 11.1 Å². The Morgan fingerprint density at radius 3 is 2.72 bits per heavy atom. The number of hydrogen-bond donors (Lipinski definition) is 2. The molecule has 4 heterocycles. The smallest absolute Gasteiger partial charge is 0.275 e. The molecule has 3 unspecified atom stereocenters. The molecular weight excluding hydrogens is 674 g/mol. The highest BCUT2D eigenvalue weighted by molar-refractivity contribution is 9.09. The van der Waals surface area contributed by atoms with Crippen LogP contribution in [0.2, 0.25) is 0 Å². The predicted octanol–water partition coefficient (Wildman–Crippen LogP) is 4.27. The van der Waals surface area contributed by atoms with Gasteiger partial charge in [0.1, 0.15) is 35.7 Å². The van der Waals surface area contributed by atoms with Gasteiger partial charge in [-0.15, -0.1) is 5.10 Å². The van der Waals surface area contributed by atoms with Gasteiger partial charge in [0.05, 0.1) is 37.4 Å². The first-order valence-electron chi connectivity index (χ1n) is 15.5. The monoisotopic (exact) mass is 707 g/mol. The number of phenols is 1. The number of carbonyl (C=O) groups is 1. The number of Topliss-reactive ketones (excluding diaryl/α,β-unsaturated/α-hetero) is 1. The largest absolute Gasteiger partial charge is 0.506 e. The lowest BCUT2D eigenvalue weighted by Crippen LogP contribution is -2.74. The van der Waals surface area contributed by atoms with E-state index in [1.165, 1.54) is 7.11 Å². The fourth-order valence-corrected chi connectivity index (χ4v) is 8.65. The molecule has 47 heavy (non-hydrogen) atoms. The lowest BCUT2D eigenvalue weighted by atomic mass is 9.76. The van der Waals surface area contributed by atoms with Crippen LogP contribution in [0.1, 0.15) is 57.3 Å². The number of aromatic nitrogens is 3. The number of ether oxygens (including phenoxy) is 6. The van der Waals surface area contributed by atoms with Crippen LogP contribution >= 0.6 is 15.9 Å². The molecule has 3 aromatic carbocycles. The molecular formula is C34H34BrN3O9. The second-order valence-corrected chi connectivity index (χ2v) is 13.1. The maximum Gasteiger partial charge on any atom is 0.275 e. The first-order valence-corrected chi connectivity index (χ1v) is 16.6. The average Bonchev–Trinajstić information content (AvgIpc) is 3.74. The molecule has 0 amide bonds. The first kappa shape index (κ1) is 30.7. The molecule has 0 saturated carbocycles. The molecule has 2 saturated heterocycles. The van der Waals surface area contributed by atoms with E-state index in [2.05, 4.69) is 26.2 Å². The van der Waals surface area contributed by atoms with Gasteiger partial charge in [0.2, 0.25) is 5.79 Å². The number of alkyl halides is 1. The van der Waals surface area contributed by atoms with Crippen LogP contribution in [0.25, 0.3) is 10.8 Å². The number of hydrogen-bond acceptors (Lipinski definition) is 11. The Hall–Kier alpha value is -3.59. The number of halogens is 1. The van der Waals surface area contributed by atoms with Gasteiger partial charge in [-0.1, -0.05) is 51.5 Å². The number of ketones is 1. The van der Waals surface area contributed by atoms with Crippen LogP contribution in [-0.2, 0) is 38.5 Å². The summed E-state index contributed by atoms with van der Waals surface area (Å²) in [7, 11) is 2.98. The van der Waals surface area contributed by atoms with Crippen LogP contribution in [0.5, 0.6) is 17.2 Å². The number of carbonyl (C=O) groups excluding carboxylic acids is 1. The van der Waals surface area contributed by atoms with Gasteiger partial charge >= 0.3 is 0 Å². The Morgan fingerprint density at radius 2 is 1.98 bits per heavy atom. The van der Waals surface area contributed by atoms with Gasteiger partial charge in [-0.3, -0.25) is 4.79 Å². The minimum Gasteiger partial charge on any atom is -0.506 e. The van der Waals surface area contributed by atoms with E-state index in [0.29, 0.717) is 59.2 Å². The zero-order valence-corrected chi connectivity index (χ0v) is 27.7. The van der Waals surface area contributed by atoms with Gasteiger partial charge < -0.3 is 38.6 Å². The van der Waals surface area contributed by atoms with Gasteiger partial charge in [-0.25, -0.2) is 4.68 Å². The van der Waals surface area contributed by atoms with Gasteiger partial charge in [0.15, 0.2) is 17.5 Å². The van der Waals surface area contributed by atoms with E-state index < -0.39 is 29.4 Å². The molecule has 1 aromatic heterocycles. The highest BCUT2D eigenvalue weighted by atomic mass is 79.9. The lowest BCUT2D eigenvalue weighted by Gasteiger charge is -2.53. The minimum absolute atomic E-state index is 0.0596. The average molecular weight is 709 g/mol. The number of aromatic hydroxyl groups is 1. The van der Waals surface area contributed by atoms with Gasteiger partial charge in [0.25, 0.3) is 5.79 Å². The topological polar surface area (TPSA) is 144 Å². The Morgan fingerprint density at radius 1 is 1.17 bits per heavy atom. The molecule has 2 bridgehead atoms. The summed E-state index contributed by atoms with van der Waals surface area (Å²) in [5.41, 5.74) is 2.11. The van der Waals surface area contributed by atoms with Crippen molar-refractivity contribution in [2.45, 2.75) is 68.7 Å². The van der Waals surface area contributed by atoms with Crippen molar-refractivity contribution in [2.75, 3.05) is 26.2 Å². The highest BCUT2D eigenvalue weighted by Crippen LogP contribution is 2.66. The van der Waals surface area contributed by atoms with E-state index in [1.807, 2.05) is 43.3 Å². The summed E-state index contributed by atoms with van der Waals surface area (Å²) in [6.45, 7) is 2.39. The van der Waals surface area contributed by atoms with Crippen molar-refractivity contribution >= 4 is 32.5 Å². The molecule has 4 aromatic rings. The van der Waals surface area contributed by atoms with Crippen molar-refractivity contribution in [1.82, 2.24) is 15.0 Å². The number of methoxy groups -OCH3 is 2. The van der Waals surface area contributed by atoms with Crippen molar-refractivity contribution in [3.05, 3.63) is 76.1 Å². The van der Waals surface area contributed by atoms with E-state index in [-0.39, 0.29) is 41.4 Å². The third kappa shape index (κ3) is 4.14. The summed E-state index contributed by atoms with van der Waals surface area (Å²) in [6, 6.07) is 11.8. The maximum absolute atomic E-state index is 13.1. The number of benzene rings is 3. The SMILES string of the molecule is COc1c2c(c(O)c3c4c(c(C)cc13)C1OC3(COCc5cn(Cc6ccccc6)nn5)OC1[C@@](OC)(O4)[C@@]3(O)CBr)C(=O)CCC2. The molecule has 0 radical (unpaired) electrons. The zero-order valence-electron chi connectivity index (χ0n) is 26.1. The molecule has 246 valence electrons. The van der Waals surface area contributed by atoms with Crippen molar-refractivity contribution < 1.29 is 43.4 Å².